The van der Waals surface area contributed by atoms with Crippen molar-refractivity contribution >= 4 is 16.0 Å². The Balaban J connectivity index is 4.00. The number of nitrogens with two attached hydrogens (primary N) is 1. The smallest absolute Gasteiger partial charge is 0.320 e. The molecule has 0 amide bonds. The molecule has 0 aliphatic rings. The minimum absolute atomic E-state index is 0.0806. The van der Waals surface area contributed by atoms with E-state index in [-0.39, 0.29) is 18.1 Å². The van der Waals surface area contributed by atoms with Crippen LogP contribution < -0.4 is 10.5 Å². The second-order valence-corrected chi connectivity index (χ2v) is 5.72. The van der Waals surface area contributed by atoms with E-state index in [9.17, 15) is 13.2 Å². The Kier molecular flexibility index (Phi) is 5.77. The van der Waals surface area contributed by atoms with Gasteiger partial charge in [0.25, 0.3) is 0 Å². The number of carboxylic acids is 1. The quantitative estimate of drug-likeness (QED) is 0.546. The fourth-order valence-corrected chi connectivity index (χ4v) is 2.07. The fraction of sp³-hybridized carbons (Fsp3) is 0.875. The highest BCUT2D eigenvalue weighted by atomic mass is 32.2. The molecule has 90 valence electrons. The van der Waals surface area contributed by atoms with Crippen LogP contribution in [-0.4, -0.2) is 37.8 Å². The first-order valence-corrected chi connectivity index (χ1v) is 6.35. The molecule has 1 atom stereocenters. The zero-order valence-electron chi connectivity index (χ0n) is 8.93. The van der Waals surface area contributed by atoms with Crippen molar-refractivity contribution in [2.45, 2.75) is 26.3 Å². The molecule has 0 aromatic heterocycles. The Labute approximate surface area is 89.9 Å². The van der Waals surface area contributed by atoms with Crippen LogP contribution in [0.5, 0.6) is 0 Å². The van der Waals surface area contributed by atoms with Crippen molar-refractivity contribution in [2.75, 3.05) is 12.3 Å². The first-order chi connectivity index (χ1) is 6.74. The Morgan fingerprint density at radius 2 is 2.00 bits per heavy atom. The van der Waals surface area contributed by atoms with Crippen molar-refractivity contribution in [1.82, 2.24) is 4.72 Å². The molecule has 6 nitrogen and oxygen atoms in total. The van der Waals surface area contributed by atoms with Crippen LogP contribution in [0, 0.1) is 5.92 Å². The van der Waals surface area contributed by atoms with E-state index in [2.05, 4.69) is 4.72 Å². The summed E-state index contributed by atoms with van der Waals surface area (Å²) in [6.45, 7) is 4.11. The highest BCUT2D eigenvalue weighted by molar-refractivity contribution is 7.89. The summed E-state index contributed by atoms with van der Waals surface area (Å²) in [5.74, 6) is -1.23. The molecule has 0 heterocycles. The number of rotatable bonds is 7. The number of carboxylic acid groups (broad SMARTS) is 1. The van der Waals surface area contributed by atoms with Crippen LogP contribution in [0.25, 0.3) is 0 Å². The molecule has 0 bridgehead atoms. The second kappa shape index (κ2) is 6.04. The summed E-state index contributed by atoms with van der Waals surface area (Å²) in [6, 6.07) is -1.12. The molecule has 0 saturated carbocycles. The topological polar surface area (TPSA) is 109 Å². The van der Waals surface area contributed by atoms with E-state index in [1.165, 1.54) is 0 Å². The molecule has 0 spiro atoms. The molecule has 0 aromatic carbocycles. The Morgan fingerprint density at radius 1 is 1.47 bits per heavy atom. The van der Waals surface area contributed by atoms with Gasteiger partial charge in [-0.1, -0.05) is 13.8 Å². The van der Waals surface area contributed by atoms with E-state index in [4.69, 9.17) is 10.8 Å². The maximum Gasteiger partial charge on any atom is 0.320 e. The highest BCUT2D eigenvalue weighted by Gasteiger charge is 2.17. The number of carbonyl (C=O) groups is 1. The lowest BCUT2D eigenvalue weighted by atomic mass is 10.2. The van der Waals surface area contributed by atoms with Crippen LogP contribution in [0.3, 0.4) is 0 Å². The number of aliphatic carboxylic acids is 1. The van der Waals surface area contributed by atoms with Gasteiger partial charge >= 0.3 is 5.97 Å². The molecule has 4 N–H and O–H groups in total. The van der Waals surface area contributed by atoms with E-state index < -0.39 is 22.0 Å². The average Bonchev–Trinajstić information content (AvgIpc) is 2.11. The van der Waals surface area contributed by atoms with Crippen molar-refractivity contribution in [1.29, 1.82) is 0 Å². The first kappa shape index (κ1) is 14.3. The molecule has 0 fully saturated rings. The summed E-state index contributed by atoms with van der Waals surface area (Å²) in [4.78, 5) is 10.3. The predicted molar refractivity (Wildman–Crippen MR) is 56.9 cm³/mol. The van der Waals surface area contributed by atoms with E-state index in [0.29, 0.717) is 6.54 Å². The van der Waals surface area contributed by atoms with Crippen molar-refractivity contribution in [2.24, 2.45) is 11.7 Å². The molecular weight excluding hydrogens is 220 g/mol. The first-order valence-electron chi connectivity index (χ1n) is 4.70. The van der Waals surface area contributed by atoms with Crippen LogP contribution >= 0.6 is 0 Å². The highest BCUT2D eigenvalue weighted by Crippen LogP contribution is 1.96. The monoisotopic (exact) mass is 238 g/mol. The number of sulfonamides is 1. The largest absolute Gasteiger partial charge is 0.480 e. The zero-order chi connectivity index (χ0) is 12.1. The van der Waals surface area contributed by atoms with Gasteiger partial charge in [0.15, 0.2) is 0 Å². The molecule has 0 aromatic rings. The SMILES string of the molecule is CC(C)CNS(=O)(=O)CCC(N)C(=O)O. The molecule has 0 saturated heterocycles. The molecular formula is C8H18N2O4S. The van der Waals surface area contributed by atoms with Gasteiger partial charge in [0.05, 0.1) is 5.75 Å². The number of hydrogen-bond donors (Lipinski definition) is 3. The molecule has 0 aliphatic heterocycles. The Bertz CT molecular complexity index is 300. The second-order valence-electron chi connectivity index (χ2n) is 3.79. The minimum Gasteiger partial charge on any atom is -0.480 e. The fourth-order valence-electron chi connectivity index (χ4n) is 0.771. The van der Waals surface area contributed by atoms with Gasteiger partial charge in [-0.25, -0.2) is 13.1 Å². The number of nitrogens with one attached hydrogen (secondary N) is 1. The van der Waals surface area contributed by atoms with Crippen LogP contribution in [0.1, 0.15) is 20.3 Å². The van der Waals surface area contributed by atoms with Crippen molar-refractivity contribution < 1.29 is 18.3 Å². The van der Waals surface area contributed by atoms with E-state index in [1.807, 2.05) is 13.8 Å². The standard InChI is InChI=1S/C8H18N2O4S/c1-6(2)5-10-15(13,14)4-3-7(9)8(11)12/h6-7,10H,3-5,9H2,1-2H3,(H,11,12). The van der Waals surface area contributed by atoms with Crippen molar-refractivity contribution in [3.05, 3.63) is 0 Å². The summed E-state index contributed by atoms with van der Waals surface area (Å²) in [6.07, 6.45) is -0.0806. The van der Waals surface area contributed by atoms with E-state index >= 15 is 0 Å². The van der Waals surface area contributed by atoms with Gasteiger partial charge < -0.3 is 10.8 Å². The lowest BCUT2D eigenvalue weighted by Gasteiger charge is -2.10. The van der Waals surface area contributed by atoms with E-state index in [0.717, 1.165) is 0 Å². The van der Waals surface area contributed by atoms with Crippen molar-refractivity contribution in [3.8, 4) is 0 Å². The Hall–Kier alpha value is -0.660. The third-order valence-electron chi connectivity index (χ3n) is 1.73. The molecule has 0 aliphatic carbocycles. The minimum atomic E-state index is -3.40. The van der Waals surface area contributed by atoms with Gasteiger partial charge in [-0.05, 0) is 12.3 Å². The van der Waals surface area contributed by atoms with Gasteiger partial charge in [-0.15, -0.1) is 0 Å². The van der Waals surface area contributed by atoms with Gasteiger partial charge in [0.2, 0.25) is 10.0 Å². The lowest BCUT2D eigenvalue weighted by molar-refractivity contribution is -0.138. The summed E-state index contributed by atoms with van der Waals surface area (Å²) >= 11 is 0. The predicted octanol–water partition coefficient (Wildman–Crippen LogP) is -0.636. The van der Waals surface area contributed by atoms with Gasteiger partial charge in [0.1, 0.15) is 6.04 Å². The summed E-state index contributed by atoms with van der Waals surface area (Å²) < 4.78 is 25.0. The normalized spacial score (nSPS) is 14.1. The van der Waals surface area contributed by atoms with Crippen molar-refractivity contribution in [3.63, 3.8) is 0 Å². The molecule has 15 heavy (non-hydrogen) atoms. The molecule has 0 rings (SSSR count). The summed E-state index contributed by atoms with van der Waals surface area (Å²) in [7, 11) is -3.40. The van der Waals surface area contributed by atoms with Gasteiger partial charge in [-0.3, -0.25) is 4.79 Å². The molecule has 0 radical (unpaired) electrons. The third kappa shape index (κ3) is 7.29. The summed E-state index contributed by atoms with van der Waals surface area (Å²) in [5.41, 5.74) is 5.19. The van der Waals surface area contributed by atoms with Gasteiger partial charge in [0, 0.05) is 6.54 Å². The van der Waals surface area contributed by atoms with E-state index in [1.54, 1.807) is 0 Å². The van der Waals surface area contributed by atoms with Crippen LogP contribution in [0.4, 0.5) is 0 Å². The zero-order valence-corrected chi connectivity index (χ0v) is 9.75. The average molecular weight is 238 g/mol. The number of hydrogen-bond acceptors (Lipinski definition) is 4. The maximum atomic E-state index is 11.3. The Morgan fingerprint density at radius 3 is 2.40 bits per heavy atom. The maximum absolute atomic E-state index is 11.3. The molecule has 7 heteroatoms. The lowest BCUT2D eigenvalue weighted by Crippen LogP contribution is -2.36. The van der Waals surface area contributed by atoms with Crippen LogP contribution in [0.15, 0.2) is 0 Å². The van der Waals surface area contributed by atoms with Crippen LogP contribution in [0.2, 0.25) is 0 Å². The third-order valence-corrected chi connectivity index (χ3v) is 3.11. The van der Waals surface area contributed by atoms with Gasteiger partial charge in [-0.2, -0.15) is 0 Å². The molecule has 1 unspecified atom stereocenters. The summed E-state index contributed by atoms with van der Waals surface area (Å²) in [5, 5.41) is 8.46. The van der Waals surface area contributed by atoms with Crippen LogP contribution in [-0.2, 0) is 14.8 Å².